The van der Waals surface area contributed by atoms with E-state index in [1.807, 2.05) is 18.3 Å². The van der Waals surface area contributed by atoms with E-state index in [-0.39, 0.29) is 11.3 Å². The third kappa shape index (κ3) is 4.08. The quantitative estimate of drug-likeness (QED) is 0.792. The van der Waals surface area contributed by atoms with Gasteiger partial charge in [-0.25, -0.2) is 4.98 Å². The fourth-order valence-corrected chi connectivity index (χ4v) is 3.35. The zero-order valence-corrected chi connectivity index (χ0v) is 14.1. The van der Waals surface area contributed by atoms with Gasteiger partial charge in [-0.1, -0.05) is 48.5 Å². The van der Waals surface area contributed by atoms with Crippen LogP contribution in [-0.2, 0) is 0 Å². The molecule has 0 aliphatic heterocycles. The number of aromatic nitrogens is 1. The summed E-state index contributed by atoms with van der Waals surface area (Å²) in [6, 6.07) is 12.8. The van der Waals surface area contributed by atoms with Crippen LogP contribution in [0, 0.1) is 6.92 Å². The van der Waals surface area contributed by atoms with Gasteiger partial charge >= 0.3 is 0 Å². The van der Waals surface area contributed by atoms with Gasteiger partial charge in [0.2, 0.25) is 0 Å². The number of rotatable bonds is 5. The van der Waals surface area contributed by atoms with E-state index in [0.717, 1.165) is 15.9 Å². The van der Waals surface area contributed by atoms with Crippen LogP contribution in [0.2, 0.25) is 0 Å². The van der Waals surface area contributed by atoms with E-state index >= 15 is 0 Å². The lowest BCUT2D eigenvalue weighted by atomic mass is 10.0. The van der Waals surface area contributed by atoms with E-state index in [9.17, 15) is 0 Å². The standard InChI is InChI=1S/C16H19BrN2S/c1-3-14(18)16(12-6-4-11(2)5-7-12)20-15-9-8-13(17)10-19-15/h4-10,14,16H,3,18H2,1-2H3. The molecule has 1 heterocycles. The van der Waals surface area contributed by atoms with Crippen LogP contribution in [0.5, 0.6) is 0 Å². The number of nitrogens with zero attached hydrogens (tertiary/aromatic N) is 1. The molecule has 0 saturated carbocycles. The summed E-state index contributed by atoms with van der Waals surface area (Å²) in [5, 5.41) is 1.23. The number of halogens is 1. The van der Waals surface area contributed by atoms with Crippen molar-refractivity contribution in [2.45, 2.75) is 36.6 Å². The first-order chi connectivity index (χ1) is 9.60. The molecule has 106 valence electrons. The number of nitrogens with two attached hydrogens (primary N) is 1. The number of pyridine rings is 1. The van der Waals surface area contributed by atoms with E-state index in [1.165, 1.54) is 11.1 Å². The summed E-state index contributed by atoms with van der Waals surface area (Å²) < 4.78 is 0.994. The summed E-state index contributed by atoms with van der Waals surface area (Å²) in [6.07, 6.45) is 2.77. The van der Waals surface area contributed by atoms with Gasteiger partial charge in [-0.05, 0) is 47.0 Å². The number of hydrogen-bond acceptors (Lipinski definition) is 3. The highest BCUT2D eigenvalue weighted by Crippen LogP contribution is 2.37. The minimum atomic E-state index is 0.119. The Morgan fingerprint density at radius 2 is 1.90 bits per heavy atom. The van der Waals surface area contributed by atoms with Gasteiger partial charge < -0.3 is 5.73 Å². The molecule has 2 unspecified atom stereocenters. The number of benzene rings is 1. The minimum Gasteiger partial charge on any atom is -0.326 e. The van der Waals surface area contributed by atoms with Crippen LogP contribution in [0.1, 0.15) is 29.7 Å². The average Bonchev–Trinajstić information content (AvgIpc) is 2.47. The normalized spacial score (nSPS) is 14.0. The van der Waals surface area contributed by atoms with Crippen molar-refractivity contribution in [3.05, 3.63) is 58.2 Å². The highest BCUT2D eigenvalue weighted by atomic mass is 79.9. The van der Waals surface area contributed by atoms with E-state index in [2.05, 4.69) is 59.0 Å². The molecule has 1 aromatic heterocycles. The second-order valence-electron chi connectivity index (χ2n) is 4.84. The van der Waals surface area contributed by atoms with Crippen LogP contribution in [0.15, 0.2) is 52.1 Å². The molecule has 0 spiro atoms. The first-order valence-corrected chi connectivity index (χ1v) is 8.37. The van der Waals surface area contributed by atoms with Crippen molar-refractivity contribution in [3.63, 3.8) is 0 Å². The first-order valence-electron chi connectivity index (χ1n) is 6.70. The maximum absolute atomic E-state index is 6.31. The Balaban J connectivity index is 2.23. The summed E-state index contributed by atoms with van der Waals surface area (Å²) in [5.74, 6) is 0. The van der Waals surface area contributed by atoms with Crippen LogP contribution < -0.4 is 5.73 Å². The van der Waals surface area contributed by atoms with E-state index < -0.39 is 0 Å². The Hall–Kier alpha value is -0.840. The SMILES string of the molecule is CCC(N)C(Sc1ccc(Br)cn1)c1ccc(C)cc1. The molecule has 20 heavy (non-hydrogen) atoms. The summed E-state index contributed by atoms with van der Waals surface area (Å²) in [6.45, 7) is 4.23. The lowest BCUT2D eigenvalue weighted by Crippen LogP contribution is -2.25. The summed E-state index contributed by atoms with van der Waals surface area (Å²) in [4.78, 5) is 4.44. The molecule has 0 bridgehead atoms. The maximum atomic E-state index is 6.31. The molecule has 2 rings (SSSR count). The molecular weight excluding hydrogens is 332 g/mol. The molecule has 1 aromatic carbocycles. The van der Waals surface area contributed by atoms with Gasteiger partial charge in [0.05, 0.1) is 10.3 Å². The molecule has 0 fully saturated rings. The number of thioether (sulfide) groups is 1. The molecule has 0 aliphatic rings. The van der Waals surface area contributed by atoms with Crippen LogP contribution in [0.25, 0.3) is 0 Å². The fourth-order valence-electron chi connectivity index (χ4n) is 1.93. The lowest BCUT2D eigenvalue weighted by Gasteiger charge is -2.22. The predicted molar refractivity (Wildman–Crippen MR) is 90.0 cm³/mol. The maximum Gasteiger partial charge on any atom is 0.0967 e. The van der Waals surface area contributed by atoms with Gasteiger partial charge in [0.15, 0.2) is 0 Å². The Kier molecular flexibility index (Phi) is 5.64. The molecule has 0 radical (unpaired) electrons. The molecule has 0 saturated heterocycles. The molecular formula is C16H19BrN2S. The molecule has 2 aromatic rings. The lowest BCUT2D eigenvalue weighted by molar-refractivity contribution is 0.633. The summed E-state index contributed by atoms with van der Waals surface area (Å²) in [5.41, 5.74) is 8.84. The Bertz CT molecular complexity index is 539. The van der Waals surface area contributed by atoms with Crippen LogP contribution in [0.4, 0.5) is 0 Å². The molecule has 0 amide bonds. The second-order valence-corrected chi connectivity index (χ2v) is 6.91. The van der Waals surface area contributed by atoms with Crippen LogP contribution >= 0.6 is 27.7 Å². The average molecular weight is 351 g/mol. The molecule has 0 aliphatic carbocycles. The Morgan fingerprint density at radius 3 is 2.45 bits per heavy atom. The largest absolute Gasteiger partial charge is 0.326 e. The van der Waals surface area contributed by atoms with Crippen molar-refractivity contribution in [2.24, 2.45) is 5.73 Å². The van der Waals surface area contributed by atoms with Crippen molar-refractivity contribution in [2.75, 3.05) is 0 Å². The minimum absolute atomic E-state index is 0.119. The van der Waals surface area contributed by atoms with Gasteiger partial charge in [0.25, 0.3) is 0 Å². The van der Waals surface area contributed by atoms with Gasteiger partial charge in [-0.2, -0.15) is 0 Å². The predicted octanol–water partition coefficient (Wildman–Crippen LogP) is 4.72. The smallest absolute Gasteiger partial charge is 0.0967 e. The van der Waals surface area contributed by atoms with Gasteiger partial charge in [-0.15, -0.1) is 0 Å². The van der Waals surface area contributed by atoms with Crippen molar-refractivity contribution in [1.29, 1.82) is 0 Å². The van der Waals surface area contributed by atoms with Gasteiger partial charge in [0.1, 0.15) is 0 Å². The number of hydrogen-bond donors (Lipinski definition) is 1. The van der Waals surface area contributed by atoms with Crippen LogP contribution in [0.3, 0.4) is 0 Å². The fraction of sp³-hybridized carbons (Fsp3) is 0.312. The molecule has 2 atom stereocenters. The molecule has 2 nitrogen and oxygen atoms in total. The highest BCUT2D eigenvalue weighted by Gasteiger charge is 2.20. The zero-order chi connectivity index (χ0) is 14.5. The highest BCUT2D eigenvalue weighted by molar-refractivity contribution is 9.10. The molecule has 2 N–H and O–H groups in total. The number of aryl methyl sites for hydroxylation is 1. The third-order valence-corrected chi connectivity index (χ3v) is 5.04. The first kappa shape index (κ1) is 15.5. The summed E-state index contributed by atoms with van der Waals surface area (Å²) >= 11 is 5.14. The van der Waals surface area contributed by atoms with E-state index in [1.54, 1.807) is 11.8 Å². The zero-order valence-electron chi connectivity index (χ0n) is 11.7. The van der Waals surface area contributed by atoms with Crippen molar-refractivity contribution in [3.8, 4) is 0 Å². The molecule has 4 heteroatoms. The topological polar surface area (TPSA) is 38.9 Å². The van der Waals surface area contributed by atoms with Gasteiger partial charge in [-0.3, -0.25) is 0 Å². The Labute approximate surface area is 133 Å². The van der Waals surface area contributed by atoms with Crippen molar-refractivity contribution < 1.29 is 0 Å². The van der Waals surface area contributed by atoms with Gasteiger partial charge in [0, 0.05) is 16.7 Å². The van der Waals surface area contributed by atoms with Crippen molar-refractivity contribution >= 4 is 27.7 Å². The Morgan fingerprint density at radius 1 is 1.20 bits per heavy atom. The third-order valence-electron chi connectivity index (χ3n) is 3.21. The second kappa shape index (κ2) is 7.25. The monoisotopic (exact) mass is 350 g/mol. The van der Waals surface area contributed by atoms with Crippen LogP contribution in [-0.4, -0.2) is 11.0 Å². The van der Waals surface area contributed by atoms with E-state index in [4.69, 9.17) is 5.73 Å². The van der Waals surface area contributed by atoms with Crippen molar-refractivity contribution in [1.82, 2.24) is 4.98 Å². The van der Waals surface area contributed by atoms with E-state index in [0.29, 0.717) is 0 Å². The summed E-state index contributed by atoms with van der Waals surface area (Å²) in [7, 11) is 0.